The minimum atomic E-state index is 0.707. The molecule has 0 spiro atoms. The molecule has 0 amide bonds. The molecule has 2 heteroatoms. The Hall–Kier alpha value is -2.06. The molecule has 3 aromatic rings. The quantitative estimate of drug-likeness (QED) is 0.731. The molecule has 108 valence electrons. The third-order valence-corrected chi connectivity index (χ3v) is 4.02. The minimum Gasteiger partial charge on any atom is -0.347 e. The van der Waals surface area contributed by atoms with Gasteiger partial charge >= 0.3 is 0 Å². The number of nitrogens with zero attached hydrogens (tertiary/aromatic N) is 1. The van der Waals surface area contributed by atoms with Crippen molar-refractivity contribution in [2.75, 3.05) is 6.54 Å². The number of nitrogens with two attached hydrogens (primary N) is 1. The molecule has 0 bridgehead atoms. The molecule has 21 heavy (non-hydrogen) atoms. The van der Waals surface area contributed by atoms with E-state index in [1.807, 2.05) is 0 Å². The van der Waals surface area contributed by atoms with Gasteiger partial charge in [0.1, 0.15) is 0 Å². The van der Waals surface area contributed by atoms with Gasteiger partial charge in [-0.05, 0) is 49.1 Å². The topological polar surface area (TPSA) is 30.9 Å². The average molecular weight is 278 g/mol. The average Bonchev–Trinajstić information content (AvgIpc) is 2.93. The highest BCUT2D eigenvalue weighted by molar-refractivity contribution is 5.83. The van der Waals surface area contributed by atoms with Crippen LogP contribution in [0.3, 0.4) is 0 Å². The first-order valence-electron chi connectivity index (χ1n) is 7.69. The summed E-state index contributed by atoms with van der Waals surface area (Å²) in [5.41, 5.74) is 9.80. The highest BCUT2D eigenvalue weighted by Gasteiger charge is 2.05. The molecule has 1 aromatic heterocycles. The van der Waals surface area contributed by atoms with Gasteiger partial charge in [0.05, 0.1) is 0 Å². The van der Waals surface area contributed by atoms with E-state index in [4.69, 9.17) is 5.73 Å². The molecule has 0 aliphatic carbocycles. The second-order valence-corrected chi connectivity index (χ2v) is 5.49. The Morgan fingerprint density at radius 3 is 2.52 bits per heavy atom. The molecule has 1 heterocycles. The van der Waals surface area contributed by atoms with Crippen molar-refractivity contribution in [1.29, 1.82) is 0 Å². The van der Waals surface area contributed by atoms with Gasteiger partial charge < -0.3 is 10.3 Å². The van der Waals surface area contributed by atoms with Crippen LogP contribution in [0.4, 0.5) is 0 Å². The van der Waals surface area contributed by atoms with Gasteiger partial charge in [-0.3, -0.25) is 0 Å². The van der Waals surface area contributed by atoms with Gasteiger partial charge in [-0.2, -0.15) is 0 Å². The van der Waals surface area contributed by atoms with E-state index in [2.05, 4.69) is 65.4 Å². The summed E-state index contributed by atoms with van der Waals surface area (Å²) in [7, 11) is 0. The molecule has 0 aliphatic heterocycles. The van der Waals surface area contributed by atoms with Crippen LogP contribution in [0.1, 0.15) is 17.5 Å². The summed E-state index contributed by atoms with van der Waals surface area (Å²) in [4.78, 5) is 0. The lowest BCUT2D eigenvalue weighted by Crippen LogP contribution is -2.03. The SMILES string of the molecule is NCCc1cccc2c1ccn2CCCc1ccccc1. The van der Waals surface area contributed by atoms with E-state index in [9.17, 15) is 0 Å². The zero-order chi connectivity index (χ0) is 14.5. The number of benzene rings is 2. The zero-order valence-corrected chi connectivity index (χ0v) is 12.3. The van der Waals surface area contributed by atoms with E-state index in [-0.39, 0.29) is 0 Å². The molecule has 0 saturated carbocycles. The van der Waals surface area contributed by atoms with Crippen LogP contribution in [0.15, 0.2) is 60.8 Å². The monoisotopic (exact) mass is 278 g/mol. The predicted octanol–water partition coefficient (Wildman–Crippen LogP) is 3.78. The fourth-order valence-electron chi connectivity index (χ4n) is 2.95. The summed E-state index contributed by atoms with van der Waals surface area (Å²) in [6.45, 7) is 1.77. The lowest BCUT2D eigenvalue weighted by atomic mass is 10.1. The van der Waals surface area contributed by atoms with Gasteiger partial charge in [-0.15, -0.1) is 0 Å². The minimum absolute atomic E-state index is 0.707. The Labute approximate surface area is 126 Å². The van der Waals surface area contributed by atoms with Crippen LogP contribution in [0.25, 0.3) is 10.9 Å². The van der Waals surface area contributed by atoms with E-state index in [0.29, 0.717) is 6.54 Å². The lowest BCUT2D eigenvalue weighted by molar-refractivity contribution is 0.662. The summed E-state index contributed by atoms with van der Waals surface area (Å²) >= 11 is 0. The molecule has 2 aromatic carbocycles. The normalized spacial score (nSPS) is 11.1. The fraction of sp³-hybridized carbons (Fsp3) is 0.263. The van der Waals surface area contributed by atoms with Crippen LogP contribution in [-0.2, 0) is 19.4 Å². The van der Waals surface area contributed by atoms with Crippen molar-refractivity contribution in [3.05, 3.63) is 71.9 Å². The first-order chi connectivity index (χ1) is 10.4. The Balaban J connectivity index is 1.71. The molecule has 0 fully saturated rings. The standard InChI is InChI=1S/C19H22N2/c20-13-11-17-9-4-10-19-18(17)12-15-21(19)14-5-8-16-6-2-1-3-7-16/h1-4,6-7,9-10,12,15H,5,8,11,13-14,20H2. The summed E-state index contributed by atoms with van der Waals surface area (Å²) in [6.07, 6.45) is 5.44. The summed E-state index contributed by atoms with van der Waals surface area (Å²) in [5.74, 6) is 0. The van der Waals surface area contributed by atoms with Crippen molar-refractivity contribution in [2.24, 2.45) is 5.73 Å². The molecule has 2 nitrogen and oxygen atoms in total. The molecule has 3 rings (SSSR count). The van der Waals surface area contributed by atoms with E-state index >= 15 is 0 Å². The highest BCUT2D eigenvalue weighted by atomic mass is 14.9. The van der Waals surface area contributed by atoms with Crippen LogP contribution < -0.4 is 5.73 Å². The van der Waals surface area contributed by atoms with Gasteiger partial charge in [0, 0.05) is 23.6 Å². The second-order valence-electron chi connectivity index (χ2n) is 5.49. The lowest BCUT2D eigenvalue weighted by Gasteiger charge is -2.07. The Bertz CT molecular complexity index is 698. The van der Waals surface area contributed by atoms with Crippen LogP contribution >= 0.6 is 0 Å². The van der Waals surface area contributed by atoms with Crippen molar-refractivity contribution in [3.8, 4) is 0 Å². The number of fused-ring (bicyclic) bond motifs is 1. The summed E-state index contributed by atoms with van der Waals surface area (Å²) in [5, 5.41) is 1.35. The molecule has 0 unspecified atom stereocenters. The number of rotatable bonds is 6. The highest BCUT2D eigenvalue weighted by Crippen LogP contribution is 2.21. The van der Waals surface area contributed by atoms with Crippen molar-refractivity contribution >= 4 is 10.9 Å². The van der Waals surface area contributed by atoms with Gasteiger partial charge in [0.2, 0.25) is 0 Å². The van der Waals surface area contributed by atoms with E-state index in [1.165, 1.54) is 22.0 Å². The van der Waals surface area contributed by atoms with Gasteiger partial charge in [0.25, 0.3) is 0 Å². The van der Waals surface area contributed by atoms with Crippen LogP contribution in [0.5, 0.6) is 0 Å². The van der Waals surface area contributed by atoms with Gasteiger partial charge in [-0.1, -0.05) is 42.5 Å². The van der Waals surface area contributed by atoms with Crippen molar-refractivity contribution < 1.29 is 0 Å². The molecule has 2 N–H and O–H groups in total. The van der Waals surface area contributed by atoms with Crippen molar-refractivity contribution in [2.45, 2.75) is 25.8 Å². The number of hydrogen-bond acceptors (Lipinski definition) is 1. The second kappa shape index (κ2) is 6.59. The maximum atomic E-state index is 5.70. The summed E-state index contributed by atoms with van der Waals surface area (Å²) < 4.78 is 2.36. The number of aromatic nitrogens is 1. The van der Waals surface area contributed by atoms with Crippen molar-refractivity contribution in [3.63, 3.8) is 0 Å². The molecular formula is C19H22N2. The Morgan fingerprint density at radius 2 is 1.71 bits per heavy atom. The zero-order valence-electron chi connectivity index (χ0n) is 12.3. The molecule has 0 atom stereocenters. The molecule has 0 saturated heterocycles. The van der Waals surface area contributed by atoms with Crippen LogP contribution in [-0.4, -0.2) is 11.1 Å². The predicted molar refractivity (Wildman–Crippen MR) is 89.5 cm³/mol. The Kier molecular flexibility index (Phi) is 4.37. The molecule has 0 aliphatic rings. The van der Waals surface area contributed by atoms with Crippen LogP contribution in [0.2, 0.25) is 0 Å². The van der Waals surface area contributed by atoms with Crippen molar-refractivity contribution in [1.82, 2.24) is 4.57 Å². The van der Waals surface area contributed by atoms with E-state index in [1.54, 1.807) is 0 Å². The maximum absolute atomic E-state index is 5.70. The summed E-state index contributed by atoms with van der Waals surface area (Å²) in [6, 6.07) is 19.5. The molecular weight excluding hydrogens is 256 g/mol. The fourth-order valence-corrected chi connectivity index (χ4v) is 2.95. The number of hydrogen-bond donors (Lipinski definition) is 1. The van der Waals surface area contributed by atoms with E-state index < -0.39 is 0 Å². The smallest absolute Gasteiger partial charge is 0.0483 e. The third kappa shape index (κ3) is 3.17. The largest absolute Gasteiger partial charge is 0.347 e. The number of aryl methyl sites for hydroxylation is 2. The first kappa shape index (κ1) is 13.9. The Morgan fingerprint density at radius 1 is 0.857 bits per heavy atom. The first-order valence-corrected chi connectivity index (χ1v) is 7.69. The van der Waals surface area contributed by atoms with Crippen LogP contribution in [0, 0.1) is 0 Å². The van der Waals surface area contributed by atoms with Gasteiger partial charge in [0.15, 0.2) is 0 Å². The van der Waals surface area contributed by atoms with Gasteiger partial charge in [-0.25, -0.2) is 0 Å². The third-order valence-electron chi connectivity index (χ3n) is 4.02. The maximum Gasteiger partial charge on any atom is 0.0483 e. The molecule has 0 radical (unpaired) electrons. The van der Waals surface area contributed by atoms with E-state index in [0.717, 1.165) is 25.8 Å².